The molecule has 0 aliphatic carbocycles. The van der Waals surface area contributed by atoms with E-state index in [0.29, 0.717) is 0 Å². The van der Waals surface area contributed by atoms with Gasteiger partial charge < -0.3 is 10.2 Å². The van der Waals surface area contributed by atoms with Crippen LogP contribution in [0.25, 0.3) is 0 Å². The van der Waals surface area contributed by atoms with E-state index >= 15 is 0 Å². The third-order valence-corrected chi connectivity index (χ3v) is 7.16. The van der Waals surface area contributed by atoms with E-state index in [1.54, 1.807) is 17.0 Å². The molecule has 0 aromatic carbocycles. The lowest BCUT2D eigenvalue weighted by molar-refractivity contribution is -0.173. The van der Waals surface area contributed by atoms with Crippen molar-refractivity contribution in [3.8, 4) is 0 Å². The Kier molecular flexibility index (Phi) is 5.31. The zero-order chi connectivity index (χ0) is 20.9. The summed E-state index contributed by atoms with van der Waals surface area (Å²) in [5.41, 5.74) is -0.115. The maximum atomic E-state index is 13.8. The minimum atomic E-state index is -4.51. The second-order valence-corrected chi connectivity index (χ2v) is 9.16. The van der Waals surface area contributed by atoms with Gasteiger partial charge in [-0.15, -0.1) is 11.3 Å². The summed E-state index contributed by atoms with van der Waals surface area (Å²) >= 11 is 7.82. The highest BCUT2D eigenvalue weighted by Crippen LogP contribution is 2.47. The zero-order valence-corrected chi connectivity index (χ0v) is 17.6. The maximum Gasteiger partial charge on any atom is 0.410 e. The summed E-state index contributed by atoms with van der Waals surface area (Å²) in [6, 6.07) is 1.18. The standard InChI is InChI=1S/C19H22ClF3N4OS/c1-10-5-3-6-11(2)26(10)18(28)16-15(20)17-24-12(13-7-4-8-29-13)9-14(19(21,22)23)27(17)25-16/h4,7-8,10-12,14,24H,3,5-6,9H2,1-2H3/t10?,11?,12-,14+/m1/s1. The number of anilines is 1. The Balaban J connectivity index is 1.74. The first-order valence-corrected chi connectivity index (χ1v) is 10.9. The highest BCUT2D eigenvalue weighted by molar-refractivity contribution is 7.10. The number of likely N-dealkylation sites (tertiary alicyclic amines) is 1. The van der Waals surface area contributed by atoms with Gasteiger partial charge in [0, 0.05) is 23.4 Å². The van der Waals surface area contributed by atoms with Crippen LogP contribution in [-0.4, -0.2) is 38.8 Å². The Hall–Kier alpha value is -1.74. The van der Waals surface area contributed by atoms with Gasteiger partial charge in [-0.05, 0) is 44.6 Å². The van der Waals surface area contributed by atoms with Crippen molar-refractivity contribution in [2.24, 2.45) is 0 Å². The number of hydrogen-bond donors (Lipinski definition) is 1. The van der Waals surface area contributed by atoms with Crippen LogP contribution in [-0.2, 0) is 0 Å². The number of carbonyl (C=O) groups excluding carboxylic acids is 1. The second-order valence-electron chi connectivity index (χ2n) is 7.80. The van der Waals surface area contributed by atoms with Gasteiger partial charge in [0.1, 0.15) is 10.8 Å². The van der Waals surface area contributed by atoms with E-state index in [9.17, 15) is 18.0 Å². The van der Waals surface area contributed by atoms with Crippen molar-refractivity contribution in [2.75, 3.05) is 5.32 Å². The number of halogens is 4. The van der Waals surface area contributed by atoms with Crippen molar-refractivity contribution >= 4 is 34.7 Å². The van der Waals surface area contributed by atoms with Crippen LogP contribution in [0.3, 0.4) is 0 Å². The third kappa shape index (κ3) is 3.63. The smallest absolute Gasteiger partial charge is 0.361 e. The number of amides is 1. The van der Waals surface area contributed by atoms with Crippen LogP contribution in [0.4, 0.5) is 19.0 Å². The van der Waals surface area contributed by atoms with Gasteiger partial charge in [-0.25, -0.2) is 4.68 Å². The molecule has 2 aromatic heterocycles. The van der Waals surface area contributed by atoms with Gasteiger partial charge in [0.25, 0.3) is 5.91 Å². The van der Waals surface area contributed by atoms with Crippen LogP contribution in [0.1, 0.15) is 67.0 Å². The number of aromatic nitrogens is 2. The highest BCUT2D eigenvalue weighted by atomic mass is 35.5. The van der Waals surface area contributed by atoms with Crippen molar-refractivity contribution in [3.05, 3.63) is 33.1 Å². The number of rotatable bonds is 2. The normalized spacial score (nSPS) is 27.4. The molecule has 2 aliphatic heterocycles. The summed E-state index contributed by atoms with van der Waals surface area (Å²) in [6.07, 6.45) is -2.00. The lowest BCUT2D eigenvalue weighted by Gasteiger charge is -2.38. The van der Waals surface area contributed by atoms with Gasteiger partial charge in [-0.2, -0.15) is 18.3 Å². The lowest BCUT2D eigenvalue weighted by atomic mass is 9.97. The van der Waals surface area contributed by atoms with E-state index in [1.165, 1.54) is 11.3 Å². The van der Waals surface area contributed by atoms with Gasteiger partial charge in [0.05, 0.1) is 6.04 Å². The molecular weight excluding hydrogens is 425 g/mol. The number of nitrogens with zero attached hydrogens (tertiary/aromatic N) is 3. The summed E-state index contributed by atoms with van der Waals surface area (Å²) in [4.78, 5) is 15.7. The fourth-order valence-electron chi connectivity index (χ4n) is 4.35. The number of nitrogens with one attached hydrogen (secondary N) is 1. The first kappa shape index (κ1) is 20.5. The molecule has 10 heteroatoms. The van der Waals surface area contributed by atoms with Crippen molar-refractivity contribution in [1.82, 2.24) is 14.7 Å². The van der Waals surface area contributed by atoms with E-state index in [-0.39, 0.29) is 35.0 Å². The lowest BCUT2D eigenvalue weighted by Crippen LogP contribution is -2.47. The van der Waals surface area contributed by atoms with E-state index < -0.39 is 24.2 Å². The van der Waals surface area contributed by atoms with Gasteiger partial charge in [0.15, 0.2) is 11.7 Å². The van der Waals surface area contributed by atoms with Crippen LogP contribution in [0, 0.1) is 0 Å². The number of thiophene rings is 1. The summed E-state index contributed by atoms with van der Waals surface area (Å²) in [6.45, 7) is 3.89. The minimum absolute atomic E-state index is 0.00807. The fraction of sp³-hybridized carbons (Fsp3) is 0.579. The molecule has 29 heavy (non-hydrogen) atoms. The molecule has 1 amide bonds. The Morgan fingerprint density at radius 1 is 1.31 bits per heavy atom. The molecule has 5 nitrogen and oxygen atoms in total. The molecule has 4 rings (SSSR count). The Morgan fingerprint density at radius 3 is 2.59 bits per heavy atom. The van der Waals surface area contributed by atoms with E-state index in [4.69, 9.17) is 11.6 Å². The van der Waals surface area contributed by atoms with Gasteiger partial charge >= 0.3 is 6.18 Å². The van der Waals surface area contributed by atoms with Crippen molar-refractivity contribution in [3.63, 3.8) is 0 Å². The molecule has 1 fully saturated rings. The number of alkyl halides is 3. The van der Waals surface area contributed by atoms with Crippen LogP contribution < -0.4 is 5.32 Å². The highest BCUT2D eigenvalue weighted by Gasteiger charge is 2.48. The van der Waals surface area contributed by atoms with Crippen LogP contribution in [0.5, 0.6) is 0 Å². The molecule has 2 unspecified atom stereocenters. The zero-order valence-electron chi connectivity index (χ0n) is 16.0. The monoisotopic (exact) mass is 446 g/mol. The van der Waals surface area contributed by atoms with E-state index in [2.05, 4.69) is 10.4 Å². The fourth-order valence-corrected chi connectivity index (χ4v) is 5.40. The number of carbonyl (C=O) groups is 1. The second kappa shape index (κ2) is 7.50. The SMILES string of the molecule is CC1CCCC(C)N1C(=O)c1nn2c(c1Cl)N[C@@H](c1cccs1)C[C@H]2C(F)(F)F. The summed E-state index contributed by atoms with van der Waals surface area (Å²) in [7, 11) is 0. The molecule has 0 bridgehead atoms. The predicted octanol–water partition coefficient (Wildman–Crippen LogP) is 5.66. The van der Waals surface area contributed by atoms with E-state index in [1.807, 2.05) is 19.2 Å². The molecule has 4 heterocycles. The quantitative estimate of drug-likeness (QED) is 0.647. The van der Waals surface area contributed by atoms with Crippen LogP contribution >= 0.6 is 22.9 Å². The van der Waals surface area contributed by atoms with Crippen molar-refractivity contribution in [1.29, 1.82) is 0 Å². The molecule has 158 valence electrons. The minimum Gasteiger partial charge on any atom is -0.361 e. The van der Waals surface area contributed by atoms with Gasteiger partial charge in [0.2, 0.25) is 0 Å². The van der Waals surface area contributed by atoms with Crippen molar-refractivity contribution < 1.29 is 18.0 Å². The largest absolute Gasteiger partial charge is 0.410 e. The summed E-state index contributed by atoms with van der Waals surface area (Å²) in [5, 5.41) is 8.93. The molecule has 1 saturated heterocycles. The van der Waals surface area contributed by atoms with E-state index in [0.717, 1.165) is 28.8 Å². The van der Waals surface area contributed by atoms with Crippen LogP contribution in [0.2, 0.25) is 5.02 Å². The number of hydrogen-bond acceptors (Lipinski definition) is 4. The third-order valence-electron chi connectivity index (χ3n) is 5.81. The molecule has 2 aliphatic rings. The number of piperidine rings is 1. The average molecular weight is 447 g/mol. The molecule has 1 N–H and O–H groups in total. The molecule has 4 atom stereocenters. The first-order chi connectivity index (χ1) is 13.7. The molecule has 2 aromatic rings. The maximum absolute atomic E-state index is 13.8. The molecule has 0 spiro atoms. The summed E-state index contributed by atoms with van der Waals surface area (Å²) < 4.78 is 42.3. The van der Waals surface area contributed by atoms with Gasteiger partial charge in [-0.3, -0.25) is 4.79 Å². The Bertz CT molecular complexity index is 888. The Labute approximate surface area is 175 Å². The van der Waals surface area contributed by atoms with Crippen molar-refractivity contribution in [2.45, 2.75) is 69.9 Å². The van der Waals surface area contributed by atoms with Gasteiger partial charge in [-0.1, -0.05) is 17.7 Å². The summed E-state index contributed by atoms with van der Waals surface area (Å²) in [5.74, 6) is -0.355. The average Bonchev–Trinajstić information content (AvgIpc) is 3.28. The molecular formula is C19H22ClF3N4OS. The number of fused-ring (bicyclic) bond motifs is 1. The predicted molar refractivity (Wildman–Crippen MR) is 107 cm³/mol. The first-order valence-electron chi connectivity index (χ1n) is 9.65. The van der Waals surface area contributed by atoms with Crippen LogP contribution in [0.15, 0.2) is 17.5 Å². The Morgan fingerprint density at radius 2 is 2.00 bits per heavy atom. The molecule has 0 saturated carbocycles. The molecule has 0 radical (unpaired) electrons. The topological polar surface area (TPSA) is 50.2 Å².